The van der Waals surface area contributed by atoms with Crippen LogP contribution in [0.5, 0.6) is 0 Å². The molecule has 7 nitrogen and oxygen atoms in total. The van der Waals surface area contributed by atoms with Crippen LogP contribution in [0.4, 0.5) is 11.8 Å². The number of imidazole rings is 1. The number of fused-ring (bicyclic) bond motifs is 1. The van der Waals surface area contributed by atoms with Crippen LogP contribution in [-0.2, 0) is 6.54 Å². The zero-order chi connectivity index (χ0) is 18.9. The first-order valence-electron chi connectivity index (χ1n) is 8.46. The highest BCUT2D eigenvalue weighted by Crippen LogP contribution is 2.24. The van der Waals surface area contributed by atoms with Gasteiger partial charge in [-0.15, -0.1) is 0 Å². The van der Waals surface area contributed by atoms with Crippen molar-refractivity contribution in [3.63, 3.8) is 0 Å². The molecule has 0 saturated heterocycles. The predicted molar refractivity (Wildman–Crippen MR) is 104 cm³/mol. The normalized spacial score (nSPS) is 12.0. The molecule has 3 aromatic rings. The summed E-state index contributed by atoms with van der Waals surface area (Å²) >= 11 is 5.94. The molecule has 138 valence electrons. The number of hydrogen-bond acceptors (Lipinski definition) is 6. The highest BCUT2D eigenvalue weighted by atomic mass is 35.5. The number of nitrogens with zero attached hydrogens (tertiary/aromatic N) is 4. The van der Waals surface area contributed by atoms with E-state index in [-0.39, 0.29) is 6.04 Å². The topological polar surface area (TPSA) is 87.9 Å². The summed E-state index contributed by atoms with van der Waals surface area (Å²) < 4.78 is 1.97. The smallest absolute Gasteiger partial charge is 0.229 e. The van der Waals surface area contributed by atoms with Crippen molar-refractivity contribution in [1.29, 1.82) is 0 Å². The molecular weight excluding hydrogens is 352 g/mol. The summed E-state index contributed by atoms with van der Waals surface area (Å²) in [5.74, 6) is 0.946. The zero-order valence-corrected chi connectivity index (χ0v) is 16.0. The summed E-state index contributed by atoms with van der Waals surface area (Å²) in [4.78, 5) is 13.5. The Morgan fingerprint density at radius 2 is 1.88 bits per heavy atom. The van der Waals surface area contributed by atoms with Gasteiger partial charge in [-0.2, -0.15) is 9.97 Å². The van der Waals surface area contributed by atoms with Crippen molar-refractivity contribution < 1.29 is 5.11 Å². The number of aliphatic hydroxyl groups is 1. The van der Waals surface area contributed by atoms with E-state index >= 15 is 0 Å². The molecule has 0 unspecified atom stereocenters. The third-order valence-electron chi connectivity index (χ3n) is 3.77. The van der Waals surface area contributed by atoms with E-state index < -0.39 is 5.72 Å². The van der Waals surface area contributed by atoms with Gasteiger partial charge < -0.3 is 20.3 Å². The fourth-order valence-electron chi connectivity index (χ4n) is 2.54. The van der Waals surface area contributed by atoms with Crippen molar-refractivity contribution in [2.75, 3.05) is 10.6 Å². The number of benzene rings is 1. The molecular formula is C18H23ClN6O. The van der Waals surface area contributed by atoms with Crippen molar-refractivity contribution in [2.45, 2.75) is 46.0 Å². The van der Waals surface area contributed by atoms with Crippen LogP contribution in [0.1, 0.15) is 39.3 Å². The van der Waals surface area contributed by atoms with Gasteiger partial charge in [-0.3, -0.25) is 0 Å². The summed E-state index contributed by atoms with van der Waals surface area (Å²) in [7, 11) is 0. The molecule has 1 aromatic carbocycles. The molecule has 0 aliphatic heterocycles. The molecule has 0 aliphatic rings. The molecule has 2 heterocycles. The maximum Gasteiger partial charge on any atom is 0.229 e. The van der Waals surface area contributed by atoms with Crippen LogP contribution >= 0.6 is 11.6 Å². The molecule has 8 heteroatoms. The van der Waals surface area contributed by atoms with Gasteiger partial charge in [0.25, 0.3) is 0 Å². The zero-order valence-electron chi connectivity index (χ0n) is 15.3. The molecule has 0 radical (unpaired) electrons. The van der Waals surface area contributed by atoms with Crippen molar-refractivity contribution in [3.8, 4) is 0 Å². The van der Waals surface area contributed by atoms with E-state index in [1.54, 1.807) is 20.2 Å². The minimum Gasteiger partial charge on any atom is -0.372 e. The standard InChI is InChI=1S/C18H23ClN6O/c1-11(2)25-10-21-14-15(20-9-12-5-7-13(19)8-6-12)22-17(23-16(14)25)24-18(3,4)26/h5-8,10-11,26H,9H2,1-4H3,(H2,20,22,23,24). The second-order valence-corrected chi connectivity index (χ2v) is 7.41. The van der Waals surface area contributed by atoms with E-state index in [1.807, 2.05) is 28.8 Å². The van der Waals surface area contributed by atoms with Crippen LogP contribution in [0.25, 0.3) is 11.2 Å². The van der Waals surface area contributed by atoms with Gasteiger partial charge in [0.2, 0.25) is 5.95 Å². The number of hydrogen-bond donors (Lipinski definition) is 3. The summed E-state index contributed by atoms with van der Waals surface area (Å²) in [6.45, 7) is 7.97. The third-order valence-corrected chi connectivity index (χ3v) is 4.02. The monoisotopic (exact) mass is 374 g/mol. The molecule has 0 amide bonds. The second-order valence-electron chi connectivity index (χ2n) is 6.98. The molecule has 3 rings (SSSR count). The largest absolute Gasteiger partial charge is 0.372 e. The van der Waals surface area contributed by atoms with E-state index in [4.69, 9.17) is 11.6 Å². The van der Waals surface area contributed by atoms with Crippen LogP contribution in [0.2, 0.25) is 5.02 Å². The maximum atomic E-state index is 10.1. The lowest BCUT2D eigenvalue weighted by molar-refractivity contribution is 0.110. The molecule has 0 spiro atoms. The van der Waals surface area contributed by atoms with Gasteiger partial charge in [-0.25, -0.2) is 4.98 Å². The fourth-order valence-corrected chi connectivity index (χ4v) is 2.66. The highest BCUT2D eigenvalue weighted by Gasteiger charge is 2.18. The van der Waals surface area contributed by atoms with Crippen LogP contribution in [0.15, 0.2) is 30.6 Å². The Kier molecular flexibility index (Phi) is 5.02. The Labute approximate surface area is 157 Å². The lowest BCUT2D eigenvalue weighted by Crippen LogP contribution is -2.31. The number of anilines is 2. The van der Waals surface area contributed by atoms with Crippen LogP contribution in [0, 0.1) is 0 Å². The minimum atomic E-state index is -1.14. The Hall–Kier alpha value is -2.38. The quantitative estimate of drug-likeness (QED) is 0.568. The van der Waals surface area contributed by atoms with Crippen LogP contribution < -0.4 is 10.6 Å². The summed E-state index contributed by atoms with van der Waals surface area (Å²) in [6, 6.07) is 7.81. The summed E-state index contributed by atoms with van der Waals surface area (Å²) in [5, 5.41) is 17.0. The number of aromatic nitrogens is 4. The van der Waals surface area contributed by atoms with Gasteiger partial charge >= 0.3 is 0 Å². The maximum absolute atomic E-state index is 10.1. The summed E-state index contributed by atoms with van der Waals surface area (Å²) in [5.41, 5.74) is 1.33. The lowest BCUT2D eigenvalue weighted by Gasteiger charge is -2.20. The van der Waals surface area contributed by atoms with Crippen molar-refractivity contribution in [1.82, 2.24) is 19.5 Å². The van der Waals surface area contributed by atoms with Crippen LogP contribution in [0.3, 0.4) is 0 Å². The van der Waals surface area contributed by atoms with Crippen molar-refractivity contribution in [3.05, 3.63) is 41.2 Å². The molecule has 0 bridgehead atoms. The van der Waals surface area contributed by atoms with Crippen molar-refractivity contribution >= 4 is 34.5 Å². The van der Waals surface area contributed by atoms with Gasteiger partial charge in [0.15, 0.2) is 17.0 Å². The average Bonchev–Trinajstić information content (AvgIpc) is 2.96. The van der Waals surface area contributed by atoms with Crippen molar-refractivity contribution in [2.24, 2.45) is 0 Å². The molecule has 26 heavy (non-hydrogen) atoms. The predicted octanol–water partition coefficient (Wildman–Crippen LogP) is 3.81. The van der Waals surface area contributed by atoms with Crippen LogP contribution in [-0.4, -0.2) is 30.4 Å². The lowest BCUT2D eigenvalue weighted by atomic mass is 10.2. The number of nitrogens with one attached hydrogen (secondary N) is 2. The Bertz CT molecular complexity index is 898. The van der Waals surface area contributed by atoms with Gasteiger partial charge in [0.05, 0.1) is 6.33 Å². The van der Waals surface area contributed by atoms with Gasteiger partial charge in [0.1, 0.15) is 5.72 Å². The number of rotatable bonds is 6. The SMILES string of the molecule is CC(C)n1cnc2c(NCc3ccc(Cl)cc3)nc(NC(C)(C)O)nc21. The van der Waals surface area contributed by atoms with E-state index in [2.05, 4.69) is 39.4 Å². The molecule has 2 aromatic heterocycles. The highest BCUT2D eigenvalue weighted by molar-refractivity contribution is 6.30. The third kappa shape index (κ3) is 4.23. The number of halogens is 1. The molecule has 0 aliphatic carbocycles. The molecule has 0 atom stereocenters. The molecule has 0 fully saturated rings. The van der Waals surface area contributed by atoms with Gasteiger partial charge in [0, 0.05) is 17.6 Å². The molecule has 0 saturated carbocycles. The van der Waals surface area contributed by atoms with Gasteiger partial charge in [-0.1, -0.05) is 23.7 Å². The van der Waals surface area contributed by atoms with E-state index in [0.717, 1.165) is 5.56 Å². The Morgan fingerprint density at radius 1 is 1.19 bits per heavy atom. The summed E-state index contributed by atoms with van der Waals surface area (Å²) in [6.07, 6.45) is 1.76. The minimum absolute atomic E-state index is 0.203. The first-order chi connectivity index (χ1) is 12.2. The first kappa shape index (κ1) is 18.4. The first-order valence-corrected chi connectivity index (χ1v) is 8.84. The van der Waals surface area contributed by atoms with E-state index in [0.29, 0.717) is 34.5 Å². The second kappa shape index (κ2) is 7.09. The Balaban J connectivity index is 1.97. The molecule has 3 N–H and O–H groups in total. The Morgan fingerprint density at radius 3 is 2.50 bits per heavy atom. The van der Waals surface area contributed by atoms with Gasteiger partial charge in [-0.05, 0) is 45.4 Å². The fraction of sp³-hybridized carbons (Fsp3) is 0.389. The average molecular weight is 375 g/mol. The van der Waals surface area contributed by atoms with E-state index in [1.165, 1.54) is 0 Å². The van der Waals surface area contributed by atoms with E-state index in [9.17, 15) is 5.11 Å².